The summed E-state index contributed by atoms with van der Waals surface area (Å²) >= 11 is 0. The molecule has 0 fully saturated rings. The number of aliphatic hydroxyl groups excluding tert-OH is 4. The van der Waals surface area contributed by atoms with Crippen molar-refractivity contribution in [3.05, 3.63) is 0 Å². The van der Waals surface area contributed by atoms with Gasteiger partial charge in [0.15, 0.2) is 6.04 Å². The average Bonchev–Trinajstić information content (AvgIpc) is 2.82. The van der Waals surface area contributed by atoms with E-state index >= 15 is 0 Å². The first-order chi connectivity index (χ1) is 16.7. The summed E-state index contributed by atoms with van der Waals surface area (Å²) in [5, 5.41) is 57.2. The first kappa shape index (κ1) is 32.6. The highest BCUT2D eigenvalue weighted by molar-refractivity contribution is 5.96. The van der Waals surface area contributed by atoms with Gasteiger partial charge in [-0.25, -0.2) is 0 Å². The van der Waals surface area contributed by atoms with Gasteiger partial charge in [0.05, 0.1) is 19.3 Å². The van der Waals surface area contributed by atoms with Crippen LogP contribution >= 0.6 is 0 Å². The van der Waals surface area contributed by atoms with E-state index in [9.17, 15) is 44.1 Å². The Kier molecular flexibility index (Phi) is 14.1. The molecule has 0 unspecified atom stereocenters. The molecule has 0 aromatic carbocycles. The van der Waals surface area contributed by atoms with Crippen LogP contribution in [-0.2, 0) is 28.8 Å². The van der Waals surface area contributed by atoms with Crippen molar-refractivity contribution >= 4 is 35.5 Å². The van der Waals surface area contributed by atoms with Crippen LogP contribution in [0.1, 0.15) is 20.8 Å². The van der Waals surface area contributed by atoms with Crippen LogP contribution in [0.5, 0.6) is 0 Å². The number of amides is 5. The Bertz CT molecular complexity index is 809. The second-order valence-corrected chi connectivity index (χ2v) is 7.89. The van der Waals surface area contributed by atoms with Gasteiger partial charge >= 0.3 is 5.97 Å². The van der Waals surface area contributed by atoms with Crippen molar-refractivity contribution in [1.82, 2.24) is 26.6 Å². The SMILES string of the molecule is C[C@H](NC(=O)[C@H](C)NC(=O)[C@H](CO)NC(=O)[C@@H](NC(=O)[C@H](CO)NC(=O)[C@@H]([NH3+])CO)[C@@H](C)O)C(=O)O. The average molecular weight is 524 g/mol. The van der Waals surface area contributed by atoms with Crippen molar-refractivity contribution in [1.29, 1.82) is 0 Å². The number of carbonyl (C=O) groups is 6. The molecule has 0 aliphatic rings. The fourth-order valence-corrected chi connectivity index (χ4v) is 2.46. The Labute approximate surface area is 205 Å². The molecule has 7 atom stereocenters. The summed E-state index contributed by atoms with van der Waals surface area (Å²) in [4.78, 5) is 72.0. The van der Waals surface area contributed by atoms with Crippen LogP contribution in [-0.4, -0.2) is 123 Å². The van der Waals surface area contributed by atoms with E-state index in [4.69, 9.17) is 10.2 Å². The van der Waals surface area contributed by atoms with Crippen molar-refractivity contribution < 1.29 is 60.0 Å². The van der Waals surface area contributed by atoms with Gasteiger partial charge in [-0.3, -0.25) is 28.8 Å². The maximum atomic E-state index is 12.6. The van der Waals surface area contributed by atoms with Gasteiger partial charge in [-0.2, -0.15) is 0 Å². The highest BCUT2D eigenvalue weighted by Crippen LogP contribution is 1.98. The third kappa shape index (κ3) is 10.5. The van der Waals surface area contributed by atoms with Gasteiger partial charge in [0.1, 0.15) is 36.8 Å². The number of carboxylic acids is 1. The highest BCUT2D eigenvalue weighted by Gasteiger charge is 2.33. The lowest BCUT2D eigenvalue weighted by Gasteiger charge is -2.26. The Balaban J connectivity index is 5.25. The number of hydrogen-bond donors (Lipinski definition) is 11. The second kappa shape index (κ2) is 15.6. The number of carbonyl (C=O) groups excluding carboxylic acids is 5. The van der Waals surface area contributed by atoms with Crippen molar-refractivity contribution in [2.75, 3.05) is 19.8 Å². The fraction of sp³-hybridized carbons (Fsp3) is 0.684. The van der Waals surface area contributed by atoms with Crippen molar-refractivity contribution in [3.63, 3.8) is 0 Å². The zero-order valence-electron chi connectivity index (χ0n) is 20.1. The summed E-state index contributed by atoms with van der Waals surface area (Å²) in [6.07, 6.45) is -1.54. The summed E-state index contributed by atoms with van der Waals surface area (Å²) in [6, 6.07) is -8.52. The molecule has 0 saturated heterocycles. The third-order valence-corrected chi connectivity index (χ3v) is 4.77. The van der Waals surface area contributed by atoms with Gasteiger partial charge < -0.3 is 57.9 Å². The molecule has 0 aliphatic heterocycles. The molecule has 17 heteroatoms. The lowest BCUT2D eigenvalue weighted by Crippen LogP contribution is -2.71. The molecule has 206 valence electrons. The van der Waals surface area contributed by atoms with E-state index in [1.165, 1.54) is 13.8 Å². The molecular weight excluding hydrogens is 488 g/mol. The molecule has 0 saturated carbocycles. The Hall–Kier alpha value is -3.38. The number of aliphatic hydroxyl groups is 4. The van der Waals surface area contributed by atoms with Gasteiger partial charge in [-0.05, 0) is 20.8 Å². The van der Waals surface area contributed by atoms with Crippen LogP contribution in [0.25, 0.3) is 0 Å². The number of hydrogen-bond acceptors (Lipinski definition) is 10. The van der Waals surface area contributed by atoms with E-state index in [2.05, 4.69) is 32.3 Å². The predicted octanol–water partition coefficient (Wildman–Crippen LogP) is -7.50. The number of aliphatic carboxylic acids is 1. The summed E-state index contributed by atoms with van der Waals surface area (Å²) in [7, 11) is 0. The molecule has 0 rings (SSSR count). The Morgan fingerprint density at radius 3 is 1.50 bits per heavy atom. The summed E-state index contributed by atoms with van der Waals surface area (Å²) in [6.45, 7) is 1.08. The van der Waals surface area contributed by atoms with Gasteiger partial charge in [-0.15, -0.1) is 0 Å². The highest BCUT2D eigenvalue weighted by atomic mass is 16.4. The first-order valence-electron chi connectivity index (χ1n) is 10.8. The van der Waals surface area contributed by atoms with E-state index in [-0.39, 0.29) is 0 Å². The standard InChI is InChI=1S/C19H34N6O11/c1-7(14(30)22-8(2)19(35)36)21-16(32)11(5-27)24-18(34)13(9(3)29)25-17(33)12(6-28)23-15(31)10(20)4-26/h7-13,26-29H,4-6,20H2,1-3H3,(H,21,32)(H,22,30)(H,23,31)(H,24,34)(H,25,33)(H,35,36)/p+1/t7-,8-,9+,10-,11-,12-,13-/m0/s1. The zero-order chi connectivity index (χ0) is 28.2. The minimum absolute atomic E-state index is 0.631. The van der Waals surface area contributed by atoms with E-state index in [0.29, 0.717) is 0 Å². The number of nitrogens with one attached hydrogen (secondary N) is 5. The molecule has 0 aromatic heterocycles. The molecule has 0 bridgehead atoms. The Morgan fingerprint density at radius 1 is 0.639 bits per heavy atom. The van der Waals surface area contributed by atoms with E-state index < -0.39 is 97.7 Å². The minimum atomic E-state index is -1.70. The van der Waals surface area contributed by atoms with Crippen LogP contribution in [0.15, 0.2) is 0 Å². The molecule has 13 N–H and O–H groups in total. The number of quaternary nitrogens is 1. The maximum absolute atomic E-state index is 12.6. The van der Waals surface area contributed by atoms with E-state index in [1.54, 1.807) is 0 Å². The van der Waals surface area contributed by atoms with E-state index in [0.717, 1.165) is 6.92 Å². The molecule has 0 aromatic rings. The predicted molar refractivity (Wildman–Crippen MR) is 118 cm³/mol. The van der Waals surface area contributed by atoms with Crippen LogP contribution in [0.3, 0.4) is 0 Å². The van der Waals surface area contributed by atoms with Crippen LogP contribution < -0.4 is 32.3 Å². The monoisotopic (exact) mass is 523 g/mol. The van der Waals surface area contributed by atoms with Crippen molar-refractivity contribution in [3.8, 4) is 0 Å². The molecule has 0 spiro atoms. The number of carboxylic acid groups (broad SMARTS) is 1. The normalized spacial score (nSPS) is 16.7. The molecule has 36 heavy (non-hydrogen) atoms. The van der Waals surface area contributed by atoms with Crippen LogP contribution in [0, 0.1) is 0 Å². The van der Waals surface area contributed by atoms with Gasteiger partial charge in [-0.1, -0.05) is 0 Å². The molecule has 0 aliphatic carbocycles. The zero-order valence-corrected chi connectivity index (χ0v) is 20.1. The molecule has 0 heterocycles. The minimum Gasteiger partial charge on any atom is -0.480 e. The van der Waals surface area contributed by atoms with Gasteiger partial charge in [0, 0.05) is 0 Å². The smallest absolute Gasteiger partial charge is 0.325 e. The van der Waals surface area contributed by atoms with E-state index in [1.807, 2.05) is 0 Å². The largest absolute Gasteiger partial charge is 0.480 e. The second-order valence-electron chi connectivity index (χ2n) is 7.89. The maximum Gasteiger partial charge on any atom is 0.325 e. The molecule has 17 nitrogen and oxygen atoms in total. The summed E-state index contributed by atoms with van der Waals surface area (Å²) < 4.78 is 0. The number of rotatable bonds is 15. The molecule has 0 radical (unpaired) electrons. The van der Waals surface area contributed by atoms with Gasteiger partial charge in [0.2, 0.25) is 23.6 Å². The lowest BCUT2D eigenvalue weighted by atomic mass is 10.1. The summed E-state index contributed by atoms with van der Waals surface area (Å²) in [5.74, 6) is -6.26. The quantitative estimate of drug-likeness (QED) is 0.0958. The summed E-state index contributed by atoms with van der Waals surface area (Å²) in [5.41, 5.74) is 3.34. The van der Waals surface area contributed by atoms with Crippen molar-refractivity contribution in [2.45, 2.75) is 63.1 Å². The topological polar surface area (TPSA) is 291 Å². The third-order valence-electron chi connectivity index (χ3n) is 4.77. The van der Waals surface area contributed by atoms with Crippen LogP contribution in [0.4, 0.5) is 0 Å². The van der Waals surface area contributed by atoms with Crippen LogP contribution in [0.2, 0.25) is 0 Å². The van der Waals surface area contributed by atoms with Gasteiger partial charge in [0.25, 0.3) is 5.91 Å². The fourth-order valence-electron chi connectivity index (χ4n) is 2.46. The molecule has 5 amide bonds. The first-order valence-corrected chi connectivity index (χ1v) is 10.8. The van der Waals surface area contributed by atoms with Crippen molar-refractivity contribution in [2.24, 2.45) is 0 Å². The molecular formula is C19H35N6O11+. The Morgan fingerprint density at radius 2 is 1.08 bits per heavy atom. The lowest BCUT2D eigenvalue weighted by molar-refractivity contribution is -0.409.